The molecule has 1 aliphatic heterocycles. The highest BCUT2D eigenvalue weighted by molar-refractivity contribution is 7.93. The number of sulfone groups is 1. The zero-order valence-electron chi connectivity index (χ0n) is 18.2. The van der Waals surface area contributed by atoms with Crippen LogP contribution in [0, 0.1) is 0 Å². The SMILES string of the molecule is CCCOc1cccc(C(=O)OC2CCN(C)C(=O)N2c2nnc(S(=O)(=O)CCC)s2)c1. The minimum atomic E-state index is -3.58. The number of aromatic nitrogens is 2. The Morgan fingerprint density at radius 3 is 2.75 bits per heavy atom. The molecule has 0 spiro atoms. The lowest BCUT2D eigenvalue weighted by Gasteiger charge is -2.37. The molecular weight excluding hydrogens is 456 g/mol. The fraction of sp³-hybridized carbons (Fsp3) is 0.500. The molecule has 0 bridgehead atoms. The quantitative estimate of drug-likeness (QED) is 0.395. The normalized spacial score (nSPS) is 16.8. The number of amides is 2. The van der Waals surface area contributed by atoms with Gasteiger partial charge in [-0.2, -0.15) is 0 Å². The van der Waals surface area contributed by atoms with Gasteiger partial charge in [0.2, 0.25) is 19.3 Å². The summed E-state index contributed by atoms with van der Waals surface area (Å²) in [5.41, 5.74) is 0.286. The van der Waals surface area contributed by atoms with E-state index in [1.165, 1.54) is 9.80 Å². The van der Waals surface area contributed by atoms with Crippen LogP contribution in [0.5, 0.6) is 5.75 Å². The monoisotopic (exact) mass is 482 g/mol. The van der Waals surface area contributed by atoms with Gasteiger partial charge >= 0.3 is 12.0 Å². The first-order chi connectivity index (χ1) is 15.3. The molecule has 1 aliphatic rings. The van der Waals surface area contributed by atoms with Crippen molar-refractivity contribution in [3.05, 3.63) is 29.8 Å². The highest BCUT2D eigenvalue weighted by Gasteiger charge is 2.38. The highest BCUT2D eigenvalue weighted by atomic mass is 32.2. The van der Waals surface area contributed by atoms with Crippen molar-refractivity contribution >= 4 is 38.3 Å². The lowest BCUT2D eigenvalue weighted by atomic mass is 10.2. The van der Waals surface area contributed by atoms with Gasteiger partial charge < -0.3 is 14.4 Å². The number of esters is 1. The number of benzene rings is 1. The summed E-state index contributed by atoms with van der Waals surface area (Å²) in [6.45, 7) is 4.62. The van der Waals surface area contributed by atoms with E-state index in [1.54, 1.807) is 38.2 Å². The Morgan fingerprint density at radius 1 is 1.25 bits per heavy atom. The molecule has 10 nitrogen and oxygen atoms in total. The lowest BCUT2D eigenvalue weighted by molar-refractivity contribution is 0.0228. The third-order valence-corrected chi connectivity index (χ3v) is 7.95. The summed E-state index contributed by atoms with van der Waals surface area (Å²) in [5, 5.41) is 7.74. The van der Waals surface area contributed by atoms with E-state index in [2.05, 4.69) is 10.2 Å². The predicted octanol–water partition coefficient (Wildman–Crippen LogP) is 2.96. The van der Waals surface area contributed by atoms with Gasteiger partial charge in [0.1, 0.15) is 5.75 Å². The van der Waals surface area contributed by atoms with Gasteiger partial charge in [-0.15, -0.1) is 10.2 Å². The third kappa shape index (κ3) is 5.36. The Kier molecular flexibility index (Phi) is 7.67. The third-order valence-electron chi connectivity index (χ3n) is 4.66. The van der Waals surface area contributed by atoms with Crippen molar-refractivity contribution in [2.45, 2.75) is 43.7 Å². The van der Waals surface area contributed by atoms with Crippen molar-refractivity contribution in [2.24, 2.45) is 0 Å². The van der Waals surface area contributed by atoms with Gasteiger partial charge in [-0.3, -0.25) is 0 Å². The molecule has 1 fully saturated rings. The van der Waals surface area contributed by atoms with Gasteiger partial charge in [0.15, 0.2) is 6.23 Å². The second kappa shape index (κ2) is 10.3. The molecular formula is C20H26N4O6S2. The van der Waals surface area contributed by atoms with E-state index in [9.17, 15) is 18.0 Å². The van der Waals surface area contributed by atoms with E-state index >= 15 is 0 Å². The summed E-state index contributed by atoms with van der Waals surface area (Å²) in [6, 6.07) is 6.17. The van der Waals surface area contributed by atoms with Crippen LogP contribution >= 0.6 is 11.3 Å². The molecule has 2 aromatic rings. The van der Waals surface area contributed by atoms with Crippen molar-refractivity contribution in [1.29, 1.82) is 0 Å². The Morgan fingerprint density at radius 2 is 2.03 bits per heavy atom. The second-order valence-electron chi connectivity index (χ2n) is 7.27. The number of ether oxygens (including phenoxy) is 2. The Bertz CT molecular complexity index is 1070. The van der Waals surface area contributed by atoms with Crippen molar-refractivity contribution in [3.8, 4) is 5.75 Å². The zero-order valence-corrected chi connectivity index (χ0v) is 19.8. The zero-order chi connectivity index (χ0) is 23.3. The second-order valence-corrected chi connectivity index (χ2v) is 10.5. The van der Waals surface area contributed by atoms with Gasteiger partial charge in [-0.25, -0.2) is 22.9 Å². The van der Waals surface area contributed by atoms with Crippen LogP contribution in [-0.2, 0) is 14.6 Å². The van der Waals surface area contributed by atoms with Crippen molar-refractivity contribution < 1.29 is 27.5 Å². The number of carbonyl (C=O) groups is 2. The molecule has 0 radical (unpaired) electrons. The molecule has 1 atom stereocenters. The summed E-state index contributed by atoms with van der Waals surface area (Å²) >= 11 is 0.787. The number of nitrogens with zero attached hydrogens (tertiary/aromatic N) is 4. The standard InChI is InChI=1S/C20H26N4O6S2/c1-4-11-29-15-8-6-7-14(13-15)17(25)30-16-9-10-23(3)20(26)24(16)18-21-22-19(31-18)32(27,28)12-5-2/h6-8,13,16H,4-5,9-12H2,1-3H3. The molecule has 1 unspecified atom stereocenters. The van der Waals surface area contributed by atoms with Crippen LogP contribution in [0.2, 0.25) is 0 Å². The molecule has 3 rings (SSSR count). The van der Waals surface area contributed by atoms with E-state index < -0.39 is 28.1 Å². The van der Waals surface area contributed by atoms with Gasteiger partial charge in [0.05, 0.1) is 17.9 Å². The summed E-state index contributed by atoms with van der Waals surface area (Å²) in [6.07, 6.45) is 0.653. The number of hydrogen-bond donors (Lipinski definition) is 0. The molecule has 2 heterocycles. The topological polar surface area (TPSA) is 119 Å². The van der Waals surface area contributed by atoms with Crippen LogP contribution < -0.4 is 9.64 Å². The molecule has 0 aliphatic carbocycles. The van der Waals surface area contributed by atoms with Crippen molar-refractivity contribution in [2.75, 3.05) is 30.9 Å². The fourth-order valence-electron chi connectivity index (χ4n) is 3.06. The number of carbonyl (C=O) groups excluding carboxylic acids is 2. The Hall–Kier alpha value is -2.73. The van der Waals surface area contributed by atoms with Gasteiger partial charge in [-0.05, 0) is 31.0 Å². The molecule has 1 saturated heterocycles. The number of anilines is 1. The largest absolute Gasteiger partial charge is 0.494 e. The van der Waals surface area contributed by atoms with E-state index in [1.807, 2.05) is 6.92 Å². The molecule has 0 N–H and O–H groups in total. The molecule has 1 aromatic carbocycles. The molecule has 0 saturated carbocycles. The average Bonchev–Trinajstić information content (AvgIpc) is 3.26. The first kappa shape index (κ1) is 23.9. The first-order valence-corrected chi connectivity index (χ1v) is 12.8. The Balaban J connectivity index is 1.83. The van der Waals surface area contributed by atoms with Gasteiger partial charge in [-0.1, -0.05) is 31.3 Å². The van der Waals surface area contributed by atoms with Gasteiger partial charge in [0, 0.05) is 20.0 Å². The van der Waals surface area contributed by atoms with Crippen molar-refractivity contribution in [1.82, 2.24) is 15.1 Å². The summed E-state index contributed by atoms with van der Waals surface area (Å²) < 4.78 is 35.7. The van der Waals surface area contributed by atoms with E-state index in [0.717, 1.165) is 17.8 Å². The predicted molar refractivity (Wildman–Crippen MR) is 119 cm³/mol. The lowest BCUT2D eigenvalue weighted by Crippen LogP contribution is -2.54. The summed E-state index contributed by atoms with van der Waals surface area (Å²) in [7, 11) is -1.97. The molecule has 12 heteroatoms. The average molecular weight is 483 g/mol. The first-order valence-electron chi connectivity index (χ1n) is 10.3. The van der Waals surface area contributed by atoms with Crippen LogP contribution in [0.3, 0.4) is 0 Å². The fourth-order valence-corrected chi connectivity index (χ4v) is 5.53. The minimum Gasteiger partial charge on any atom is -0.494 e. The van der Waals surface area contributed by atoms with Crippen LogP contribution in [0.25, 0.3) is 0 Å². The number of rotatable bonds is 9. The van der Waals surface area contributed by atoms with E-state index in [0.29, 0.717) is 31.7 Å². The van der Waals surface area contributed by atoms with Crippen LogP contribution in [0.4, 0.5) is 9.93 Å². The molecule has 1 aromatic heterocycles. The van der Waals surface area contributed by atoms with Crippen LogP contribution in [-0.4, -0.2) is 67.7 Å². The molecule has 2 amide bonds. The number of hydrogen-bond acceptors (Lipinski definition) is 9. The number of urea groups is 1. The van der Waals surface area contributed by atoms with Crippen molar-refractivity contribution in [3.63, 3.8) is 0 Å². The Labute approximate surface area is 191 Å². The molecule has 174 valence electrons. The maximum Gasteiger partial charge on any atom is 0.340 e. The minimum absolute atomic E-state index is 0.0639. The van der Waals surface area contributed by atoms with Crippen LogP contribution in [0.1, 0.15) is 43.5 Å². The highest BCUT2D eigenvalue weighted by Crippen LogP contribution is 2.31. The van der Waals surface area contributed by atoms with E-state index in [-0.39, 0.29) is 20.8 Å². The van der Waals surface area contributed by atoms with Crippen LogP contribution in [0.15, 0.2) is 28.6 Å². The smallest absolute Gasteiger partial charge is 0.340 e. The maximum atomic E-state index is 12.8. The summed E-state index contributed by atoms with van der Waals surface area (Å²) in [4.78, 5) is 28.3. The van der Waals surface area contributed by atoms with Gasteiger partial charge in [0.25, 0.3) is 0 Å². The maximum absolute atomic E-state index is 12.8. The summed E-state index contributed by atoms with van der Waals surface area (Å²) in [5.74, 6) is -0.139. The van der Waals surface area contributed by atoms with E-state index in [4.69, 9.17) is 9.47 Å². The molecule has 32 heavy (non-hydrogen) atoms.